The first-order valence-electron chi connectivity index (χ1n) is 7.86. The first-order chi connectivity index (χ1) is 10.7. The predicted molar refractivity (Wildman–Crippen MR) is 88.2 cm³/mol. The van der Waals surface area contributed by atoms with Crippen LogP contribution < -0.4 is 0 Å². The highest BCUT2D eigenvalue weighted by Gasteiger charge is 2.28. The summed E-state index contributed by atoms with van der Waals surface area (Å²) in [5, 5.41) is 0. The topological polar surface area (TPSA) is 46.6 Å². The zero-order chi connectivity index (χ0) is 17.0. The van der Waals surface area contributed by atoms with Gasteiger partial charge >= 0.3 is 6.09 Å². The van der Waals surface area contributed by atoms with E-state index in [2.05, 4.69) is 0 Å². The van der Waals surface area contributed by atoms with E-state index < -0.39 is 16.4 Å². The summed E-state index contributed by atoms with van der Waals surface area (Å²) in [6, 6.07) is 5.75. The molecule has 1 saturated heterocycles. The molecule has 1 aromatic carbocycles. The molecule has 0 bridgehead atoms. The van der Waals surface area contributed by atoms with Gasteiger partial charge in [-0.3, -0.25) is 4.21 Å². The van der Waals surface area contributed by atoms with Gasteiger partial charge < -0.3 is 9.64 Å². The van der Waals surface area contributed by atoms with Gasteiger partial charge in [-0.05, 0) is 63.8 Å². The van der Waals surface area contributed by atoms with Crippen LogP contribution in [0.3, 0.4) is 0 Å². The number of rotatable bonds is 3. The molecule has 0 spiro atoms. The largest absolute Gasteiger partial charge is 0.444 e. The Morgan fingerprint density at radius 3 is 2.61 bits per heavy atom. The molecule has 1 aliphatic rings. The summed E-state index contributed by atoms with van der Waals surface area (Å²) in [4.78, 5) is 14.5. The van der Waals surface area contributed by atoms with Crippen molar-refractivity contribution in [2.24, 2.45) is 5.92 Å². The highest BCUT2D eigenvalue weighted by molar-refractivity contribution is 7.85. The number of piperidine rings is 1. The summed E-state index contributed by atoms with van der Waals surface area (Å²) >= 11 is 0. The summed E-state index contributed by atoms with van der Waals surface area (Å²) in [6.07, 6.45) is 1.51. The molecule has 1 amide bonds. The zero-order valence-electron chi connectivity index (χ0n) is 13.9. The average molecular weight is 341 g/mol. The fourth-order valence-electron chi connectivity index (χ4n) is 2.59. The molecular formula is C17H24FNO3S. The van der Waals surface area contributed by atoms with Gasteiger partial charge in [0.05, 0.1) is 10.8 Å². The number of halogens is 1. The molecule has 1 heterocycles. The Balaban J connectivity index is 1.92. The van der Waals surface area contributed by atoms with Crippen molar-refractivity contribution in [1.29, 1.82) is 0 Å². The minimum absolute atomic E-state index is 0.169. The summed E-state index contributed by atoms with van der Waals surface area (Å²) in [7, 11) is -1.18. The molecule has 1 fully saturated rings. The Hall–Kier alpha value is -1.43. The Morgan fingerprint density at radius 1 is 1.35 bits per heavy atom. The molecule has 6 heteroatoms. The van der Waals surface area contributed by atoms with Crippen molar-refractivity contribution in [1.82, 2.24) is 4.90 Å². The summed E-state index contributed by atoms with van der Waals surface area (Å²) in [5.74, 6) is 0.312. The van der Waals surface area contributed by atoms with E-state index in [1.54, 1.807) is 17.0 Å². The van der Waals surface area contributed by atoms with Gasteiger partial charge in [-0.25, -0.2) is 9.18 Å². The van der Waals surface area contributed by atoms with Crippen LogP contribution in [-0.2, 0) is 15.5 Å². The van der Waals surface area contributed by atoms with Crippen molar-refractivity contribution >= 4 is 16.9 Å². The lowest BCUT2D eigenvalue weighted by molar-refractivity contribution is 0.0176. The fraction of sp³-hybridized carbons (Fsp3) is 0.588. The Morgan fingerprint density at radius 2 is 2.00 bits per heavy atom. The molecule has 0 aromatic heterocycles. The lowest BCUT2D eigenvalue weighted by Gasteiger charge is -2.34. The van der Waals surface area contributed by atoms with Crippen molar-refractivity contribution in [3.8, 4) is 0 Å². The van der Waals surface area contributed by atoms with Crippen LogP contribution >= 0.6 is 0 Å². The number of benzene rings is 1. The van der Waals surface area contributed by atoms with Gasteiger partial charge in [0.2, 0.25) is 0 Å². The maximum absolute atomic E-state index is 12.9. The van der Waals surface area contributed by atoms with E-state index in [4.69, 9.17) is 4.74 Å². The predicted octanol–water partition coefficient (Wildman–Crippen LogP) is 3.58. The van der Waals surface area contributed by atoms with Crippen LogP contribution in [0.25, 0.3) is 0 Å². The van der Waals surface area contributed by atoms with E-state index in [-0.39, 0.29) is 17.8 Å². The maximum Gasteiger partial charge on any atom is 0.410 e. The van der Waals surface area contributed by atoms with Crippen molar-refractivity contribution in [2.75, 3.05) is 18.8 Å². The van der Waals surface area contributed by atoms with E-state index in [9.17, 15) is 13.4 Å². The van der Waals surface area contributed by atoms with Crippen LogP contribution in [0, 0.1) is 11.7 Å². The van der Waals surface area contributed by atoms with Gasteiger partial charge in [-0.15, -0.1) is 0 Å². The number of ether oxygens (including phenoxy) is 1. The van der Waals surface area contributed by atoms with Gasteiger partial charge in [0.1, 0.15) is 11.4 Å². The van der Waals surface area contributed by atoms with Crippen LogP contribution in [0.5, 0.6) is 0 Å². The highest BCUT2D eigenvalue weighted by atomic mass is 32.2. The van der Waals surface area contributed by atoms with Gasteiger partial charge in [-0.2, -0.15) is 0 Å². The van der Waals surface area contributed by atoms with Crippen molar-refractivity contribution in [3.63, 3.8) is 0 Å². The number of amides is 1. The molecule has 1 aromatic rings. The van der Waals surface area contributed by atoms with E-state index in [1.807, 2.05) is 20.8 Å². The molecule has 0 saturated carbocycles. The third-order valence-corrected chi connectivity index (χ3v) is 5.21. The molecule has 0 aliphatic carbocycles. The van der Waals surface area contributed by atoms with Crippen LogP contribution in [0.1, 0.15) is 33.6 Å². The normalized spacial score (nSPS) is 20.2. The number of nitrogens with zero attached hydrogens (tertiary/aromatic N) is 1. The summed E-state index contributed by atoms with van der Waals surface area (Å²) < 4.78 is 30.7. The molecule has 128 valence electrons. The number of likely N-dealkylation sites (tertiary alicyclic amines) is 1. The second kappa shape index (κ2) is 7.43. The van der Waals surface area contributed by atoms with Crippen LogP contribution in [0.15, 0.2) is 29.2 Å². The molecule has 23 heavy (non-hydrogen) atoms. The van der Waals surface area contributed by atoms with Gasteiger partial charge in [0, 0.05) is 23.7 Å². The molecule has 0 N–H and O–H groups in total. The lowest BCUT2D eigenvalue weighted by atomic mass is 10.0. The van der Waals surface area contributed by atoms with E-state index in [0.29, 0.717) is 23.7 Å². The molecule has 4 nitrogen and oxygen atoms in total. The standard InChI is InChI=1S/C17H24FNO3S/c1-17(2,3)22-16(20)19-10-4-5-13(11-19)12-23(21)15-8-6-14(18)7-9-15/h6-9,13H,4-5,10-12H2,1-3H3/t13-,23-/m1/s1. The monoisotopic (exact) mass is 341 g/mol. The molecule has 2 rings (SSSR count). The number of hydrogen-bond donors (Lipinski definition) is 0. The van der Waals surface area contributed by atoms with E-state index in [1.165, 1.54) is 12.1 Å². The van der Waals surface area contributed by atoms with Gasteiger partial charge in [0.15, 0.2) is 0 Å². The molecule has 1 aliphatic heterocycles. The van der Waals surface area contributed by atoms with Crippen LogP contribution in [-0.4, -0.2) is 39.6 Å². The smallest absolute Gasteiger partial charge is 0.410 e. The van der Waals surface area contributed by atoms with E-state index in [0.717, 1.165) is 12.8 Å². The number of hydrogen-bond acceptors (Lipinski definition) is 3. The Kier molecular flexibility index (Phi) is 5.79. The Labute approximate surface area is 139 Å². The first-order valence-corrected chi connectivity index (χ1v) is 9.18. The van der Waals surface area contributed by atoms with Crippen molar-refractivity contribution in [2.45, 2.75) is 44.1 Å². The molecule has 0 unspecified atom stereocenters. The second-order valence-corrected chi connectivity index (χ2v) is 8.40. The number of carbonyl (C=O) groups excluding carboxylic acids is 1. The third-order valence-electron chi connectivity index (χ3n) is 3.63. The van der Waals surface area contributed by atoms with E-state index >= 15 is 0 Å². The van der Waals surface area contributed by atoms with Gasteiger partial charge in [0.25, 0.3) is 0 Å². The zero-order valence-corrected chi connectivity index (χ0v) is 14.7. The highest BCUT2D eigenvalue weighted by Crippen LogP contribution is 2.22. The summed E-state index contributed by atoms with van der Waals surface area (Å²) in [6.45, 7) is 6.76. The second-order valence-electron chi connectivity index (χ2n) is 6.90. The van der Waals surface area contributed by atoms with Gasteiger partial charge in [-0.1, -0.05) is 0 Å². The van der Waals surface area contributed by atoms with Crippen molar-refractivity contribution < 1.29 is 18.1 Å². The Bertz CT molecular complexity index is 568. The van der Waals surface area contributed by atoms with Crippen LogP contribution in [0.4, 0.5) is 9.18 Å². The molecule has 2 atom stereocenters. The SMILES string of the molecule is CC(C)(C)OC(=O)N1CCC[C@@H](C[S@@](=O)c2ccc(F)cc2)C1. The first kappa shape index (κ1) is 17.9. The maximum atomic E-state index is 12.9. The van der Waals surface area contributed by atoms with Crippen molar-refractivity contribution in [3.05, 3.63) is 30.1 Å². The molecule has 0 radical (unpaired) electrons. The third kappa shape index (κ3) is 5.61. The lowest BCUT2D eigenvalue weighted by Crippen LogP contribution is -2.43. The minimum Gasteiger partial charge on any atom is -0.444 e. The van der Waals surface area contributed by atoms with Crippen LogP contribution in [0.2, 0.25) is 0 Å². The fourth-order valence-corrected chi connectivity index (χ4v) is 3.92. The summed E-state index contributed by atoms with van der Waals surface area (Å²) in [5.41, 5.74) is -0.513. The minimum atomic E-state index is -1.18. The number of carbonyl (C=O) groups is 1. The molecular weight excluding hydrogens is 317 g/mol. The average Bonchev–Trinajstić information content (AvgIpc) is 2.46. The quantitative estimate of drug-likeness (QED) is 0.844.